The van der Waals surface area contributed by atoms with E-state index in [0.29, 0.717) is 25.1 Å². The monoisotopic (exact) mass is 611 g/mol. The van der Waals surface area contributed by atoms with Crippen LogP contribution < -0.4 is 19.9 Å². The summed E-state index contributed by atoms with van der Waals surface area (Å²) in [4.78, 5) is 42.7. The molecule has 230 valence electrons. The Morgan fingerprint density at radius 3 is 2.05 bits per heavy atom. The van der Waals surface area contributed by atoms with Crippen molar-refractivity contribution in [2.75, 3.05) is 18.1 Å². The van der Waals surface area contributed by atoms with Gasteiger partial charge in [0.15, 0.2) is 5.75 Å². The summed E-state index contributed by atoms with van der Waals surface area (Å²) >= 11 is 0. The van der Waals surface area contributed by atoms with Gasteiger partial charge in [-0.1, -0.05) is 40.9 Å². The number of rotatable bonds is 13. The lowest BCUT2D eigenvalue weighted by molar-refractivity contribution is -0.143. The summed E-state index contributed by atoms with van der Waals surface area (Å²) < 4.78 is 38.1. The van der Waals surface area contributed by atoms with Crippen LogP contribution in [0.15, 0.2) is 89.8 Å². The Morgan fingerprint density at radius 2 is 1.47 bits per heavy atom. The number of nitrogens with zero attached hydrogens (tertiary/aromatic N) is 1. The molecule has 11 nitrogen and oxygen atoms in total. The molecule has 0 aliphatic rings. The van der Waals surface area contributed by atoms with Crippen molar-refractivity contribution in [1.82, 2.24) is 10.6 Å². The van der Waals surface area contributed by atoms with Crippen molar-refractivity contribution in [3.05, 3.63) is 90.5 Å². The molecule has 0 bridgehead atoms. The maximum absolute atomic E-state index is 13.6. The van der Waals surface area contributed by atoms with Gasteiger partial charge in [-0.25, -0.2) is 9.59 Å². The average molecular weight is 612 g/mol. The highest BCUT2D eigenvalue weighted by atomic mass is 32.2. The van der Waals surface area contributed by atoms with Crippen molar-refractivity contribution < 1.29 is 37.1 Å². The van der Waals surface area contributed by atoms with Gasteiger partial charge in [0.2, 0.25) is 0 Å². The standard InChI is InChI=1S/C31H37N3O8S/c1-31(2,3)41-30(37)32-22-12-11-17-27(29(36)40-4)33-28(35)23-18-20-26(21-19-23)43(38,39)34(24-13-7-5-8-14-24)42-25-15-9-6-10-16-25/h5-10,13-16,18-21,27H,11-12,17,22H2,1-4H3,(H,32,37)(H,33,35). The molecular weight excluding hydrogens is 574 g/mol. The van der Waals surface area contributed by atoms with Gasteiger partial charge in [-0.2, -0.15) is 8.42 Å². The molecule has 12 heteroatoms. The fourth-order valence-corrected chi connectivity index (χ4v) is 5.11. The first-order valence-electron chi connectivity index (χ1n) is 13.7. The number of hydrogen-bond acceptors (Lipinski definition) is 8. The maximum Gasteiger partial charge on any atom is 0.407 e. The van der Waals surface area contributed by atoms with Crippen LogP contribution in [0, 0.1) is 0 Å². The molecule has 0 saturated heterocycles. The van der Waals surface area contributed by atoms with Crippen LogP contribution >= 0.6 is 0 Å². The summed E-state index contributed by atoms with van der Waals surface area (Å²) in [5.74, 6) is -0.878. The van der Waals surface area contributed by atoms with Crippen LogP contribution in [0.4, 0.5) is 10.5 Å². The highest BCUT2D eigenvalue weighted by Gasteiger charge is 2.28. The van der Waals surface area contributed by atoms with Crippen molar-refractivity contribution in [3.63, 3.8) is 0 Å². The molecule has 1 atom stereocenters. The largest absolute Gasteiger partial charge is 0.467 e. The van der Waals surface area contributed by atoms with E-state index >= 15 is 0 Å². The molecule has 0 saturated carbocycles. The fourth-order valence-electron chi connectivity index (χ4n) is 3.85. The summed E-state index contributed by atoms with van der Waals surface area (Å²) in [5, 5.41) is 5.29. The van der Waals surface area contributed by atoms with Gasteiger partial charge in [-0.3, -0.25) is 4.79 Å². The number of sulfonamides is 1. The highest BCUT2D eigenvalue weighted by molar-refractivity contribution is 7.92. The molecule has 0 aliphatic heterocycles. The Kier molecular flexibility index (Phi) is 11.5. The Labute approximate surface area is 252 Å². The van der Waals surface area contributed by atoms with Crippen molar-refractivity contribution in [3.8, 4) is 5.75 Å². The first-order chi connectivity index (χ1) is 20.4. The van der Waals surface area contributed by atoms with E-state index in [1.165, 1.54) is 31.4 Å². The van der Waals surface area contributed by atoms with Crippen molar-refractivity contribution in [2.45, 2.75) is 56.6 Å². The minimum Gasteiger partial charge on any atom is -0.467 e. The van der Waals surface area contributed by atoms with Crippen LogP contribution in [0.3, 0.4) is 0 Å². The normalized spacial score (nSPS) is 12.0. The summed E-state index contributed by atoms with van der Waals surface area (Å²) in [6.45, 7) is 5.63. The molecule has 0 radical (unpaired) electrons. The van der Waals surface area contributed by atoms with E-state index in [1.807, 2.05) is 0 Å². The number of carbonyl (C=O) groups excluding carboxylic acids is 3. The Hall–Kier alpha value is -4.58. The molecule has 0 heterocycles. The van der Waals surface area contributed by atoms with E-state index in [9.17, 15) is 22.8 Å². The van der Waals surface area contributed by atoms with Gasteiger partial charge >= 0.3 is 12.1 Å². The first-order valence-corrected chi connectivity index (χ1v) is 15.1. The second-order valence-electron chi connectivity index (χ2n) is 10.5. The maximum atomic E-state index is 13.6. The molecule has 1 unspecified atom stereocenters. The average Bonchev–Trinajstić information content (AvgIpc) is 2.98. The number of para-hydroxylation sites is 2. The van der Waals surface area contributed by atoms with Crippen LogP contribution in [0.25, 0.3) is 0 Å². The van der Waals surface area contributed by atoms with E-state index in [-0.39, 0.29) is 22.6 Å². The molecule has 3 rings (SSSR count). The minimum atomic E-state index is -4.20. The lowest BCUT2D eigenvalue weighted by Gasteiger charge is -2.24. The number of hydrogen-bond donors (Lipinski definition) is 2. The molecule has 3 aromatic carbocycles. The molecule has 0 aliphatic carbocycles. The smallest absolute Gasteiger partial charge is 0.407 e. The lowest BCUT2D eigenvalue weighted by atomic mass is 10.1. The summed E-state index contributed by atoms with van der Waals surface area (Å²) in [7, 11) is -2.98. The predicted octanol–water partition coefficient (Wildman–Crippen LogP) is 4.84. The number of esters is 1. The number of alkyl carbamates (subject to hydrolysis) is 1. The zero-order valence-corrected chi connectivity index (χ0v) is 25.4. The molecule has 2 N–H and O–H groups in total. The van der Waals surface area contributed by atoms with Crippen LogP contribution in [0.5, 0.6) is 5.75 Å². The van der Waals surface area contributed by atoms with Crippen LogP contribution in [0.2, 0.25) is 0 Å². The summed E-state index contributed by atoms with van der Waals surface area (Å²) in [6, 6.07) is 21.2. The zero-order valence-electron chi connectivity index (χ0n) is 24.6. The number of ether oxygens (including phenoxy) is 2. The Morgan fingerprint density at radius 1 is 0.860 bits per heavy atom. The predicted molar refractivity (Wildman–Crippen MR) is 161 cm³/mol. The zero-order chi connectivity index (χ0) is 31.5. The lowest BCUT2D eigenvalue weighted by Crippen LogP contribution is -2.41. The van der Waals surface area contributed by atoms with Gasteiger partial charge < -0.3 is 24.9 Å². The van der Waals surface area contributed by atoms with Gasteiger partial charge in [0.25, 0.3) is 15.9 Å². The molecule has 2 amide bonds. The molecule has 0 spiro atoms. The molecule has 43 heavy (non-hydrogen) atoms. The van der Waals surface area contributed by atoms with Crippen LogP contribution in [0.1, 0.15) is 50.4 Å². The summed E-state index contributed by atoms with van der Waals surface area (Å²) in [5.41, 5.74) is -0.172. The second kappa shape index (κ2) is 15.1. The quantitative estimate of drug-likeness (QED) is 0.159. The third kappa shape index (κ3) is 10.0. The van der Waals surface area contributed by atoms with E-state index in [1.54, 1.807) is 81.4 Å². The SMILES string of the molecule is COC(=O)C(CCCCNC(=O)OC(C)(C)C)NC(=O)c1ccc(S(=O)(=O)N(Oc2ccccc2)c2ccccc2)cc1. The summed E-state index contributed by atoms with van der Waals surface area (Å²) in [6.07, 6.45) is 0.778. The number of nitrogens with one attached hydrogen (secondary N) is 2. The number of methoxy groups -OCH3 is 1. The van der Waals surface area contributed by atoms with Crippen LogP contribution in [-0.4, -0.2) is 51.7 Å². The third-order valence-corrected chi connectivity index (χ3v) is 7.50. The third-order valence-electron chi connectivity index (χ3n) is 5.91. The van der Waals surface area contributed by atoms with E-state index in [0.717, 1.165) is 4.47 Å². The Bertz CT molecular complexity index is 1460. The minimum absolute atomic E-state index is 0.106. The van der Waals surface area contributed by atoms with Crippen molar-refractivity contribution in [2.24, 2.45) is 0 Å². The van der Waals surface area contributed by atoms with E-state index < -0.39 is 39.6 Å². The number of amides is 2. The van der Waals surface area contributed by atoms with Crippen molar-refractivity contribution in [1.29, 1.82) is 0 Å². The van der Waals surface area contributed by atoms with E-state index in [4.69, 9.17) is 14.3 Å². The molecular formula is C31H37N3O8S. The van der Waals surface area contributed by atoms with Crippen molar-refractivity contribution >= 4 is 33.7 Å². The molecule has 0 aromatic heterocycles. The van der Waals surface area contributed by atoms with Gasteiger partial charge in [-0.15, -0.1) is 0 Å². The number of anilines is 1. The first kappa shape index (κ1) is 32.9. The number of unbranched alkanes of at least 4 members (excludes halogenated alkanes) is 1. The second-order valence-corrected chi connectivity index (χ2v) is 12.2. The molecule has 3 aromatic rings. The fraction of sp³-hybridized carbons (Fsp3) is 0.323. The van der Waals surface area contributed by atoms with Gasteiger partial charge in [-0.05, 0) is 88.6 Å². The van der Waals surface area contributed by atoms with Gasteiger partial charge in [0.1, 0.15) is 11.6 Å². The van der Waals surface area contributed by atoms with E-state index in [2.05, 4.69) is 10.6 Å². The topological polar surface area (TPSA) is 140 Å². The highest BCUT2D eigenvalue weighted by Crippen LogP contribution is 2.26. The molecule has 0 fully saturated rings. The van der Waals surface area contributed by atoms with Crippen LogP contribution in [-0.2, 0) is 24.3 Å². The number of carbonyl (C=O) groups is 3. The van der Waals surface area contributed by atoms with Gasteiger partial charge in [0.05, 0.1) is 17.7 Å². The van der Waals surface area contributed by atoms with Gasteiger partial charge in [0, 0.05) is 12.1 Å². The Balaban J connectivity index is 1.66. The number of benzene rings is 3.